The minimum atomic E-state index is 0.559. The number of halogens is 1. The molecular formula is C15H19BrN2O. The Bertz CT molecular complexity index is 563. The van der Waals surface area contributed by atoms with Crippen LogP contribution in [0.2, 0.25) is 0 Å². The maximum atomic E-state index is 5.90. The molecule has 2 rings (SSSR count). The van der Waals surface area contributed by atoms with Crippen molar-refractivity contribution in [3.8, 4) is 5.75 Å². The second-order valence-electron chi connectivity index (χ2n) is 4.49. The predicted molar refractivity (Wildman–Crippen MR) is 80.5 cm³/mol. The van der Waals surface area contributed by atoms with Crippen molar-refractivity contribution in [1.29, 1.82) is 0 Å². The fourth-order valence-electron chi connectivity index (χ4n) is 2.00. The molecule has 1 aromatic carbocycles. The standard InChI is InChI=1S/C15H19BrN2O/c1-4-13-9-14(18(5-2)17-13)10-19-15-7-6-12(16)8-11(15)3/h6-9H,4-5,10H2,1-3H3. The fourth-order valence-corrected chi connectivity index (χ4v) is 2.48. The molecule has 0 bridgehead atoms. The highest BCUT2D eigenvalue weighted by atomic mass is 79.9. The molecule has 19 heavy (non-hydrogen) atoms. The van der Waals surface area contributed by atoms with Gasteiger partial charge in [0.1, 0.15) is 12.4 Å². The Hall–Kier alpha value is -1.29. The lowest BCUT2D eigenvalue weighted by Crippen LogP contribution is -2.06. The summed E-state index contributed by atoms with van der Waals surface area (Å²) in [5.41, 5.74) is 3.38. The number of ether oxygens (including phenoxy) is 1. The van der Waals surface area contributed by atoms with Gasteiger partial charge in [0.25, 0.3) is 0 Å². The number of rotatable bonds is 5. The topological polar surface area (TPSA) is 27.1 Å². The lowest BCUT2D eigenvalue weighted by molar-refractivity contribution is 0.290. The first-order valence-corrected chi connectivity index (χ1v) is 7.37. The van der Waals surface area contributed by atoms with E-state index in [1.54, 1.807) is 0 Å². The molecule has 0 spiro atoms. The lowest BCUT2D eigenvalue weighted by Gasteiger charge is -2.10. The highest BCUT2D eigenvalue weighted by Gasteiger charge is 2.07. The van der Waals surface area contributed by atoms with Crippen LogP contribution in [-0.4, -0.2) is 9.78 Å². The molecule has 0 atom stereocenters. The number of benzene rings is 1. The third kappa shape index (κ3) is 3.38. The van der Waals surface area contributed by atoms with Crippen LogP contribution in [0, 0.1) is 6.92 Å². The molecule has 0 fully saturated rings. The van der Waals surface area contributed by atoms with Crippen molar-refractivity contribution in [2.24, 2.45) is 0 Å². The fraction of sp³-hybridized carbons (Fsp3) is 0.400. The quantitative estimate of drug-likeness (QED) is 0.828. The molecular weight excluding hydrogens is 304 g/mol. The van der Waals surface area contributed by atoms with Gasteiger partial charge in [-0.05, 0) is 50.1 Å². The van der Waals surface area contributed by atoms with Gasteiger partial charge in [0.2, 0.25) is 0 Å². The average Bonchev–Trinajstić information content (AvgIpc) is 2.80. The SMILES string of the molecule is CCc1cc(COc2ccc(Br)cc2C)n(CC)n1. The first-order valence-electron chi connectivity index (χ1n) is 6.58. The monoisotopic (exact) mass is 322 g/mol. The Balaban J connectivity index is 2.11. The van der Waals surface area contributed by atoms with Gasteiger partial charge in [-0.15, -0.1) is 0 Å². The van der Waals surface area contributed by atoms with Crippen LogP contribution in [0.4, 0.5) is 0 Å². The van der Waals surface area contributed by atoms with Crippen molar-refractivity contribution in [1.82, 2.24) is 9.78 Å². The van der Waals surface area contributed by atoms with Crippen molar-refractivity contribution in [2.45, 2.75) is 40.3 Å². The molecule has 102 valence electrons. The molecule has 1 aromatic heterocycles. The molecule has 0 aliphatic heterocycles. The number of aryl methyl sites for hydroxylation is 3. The molecule has 0 aliphatic rings. The maximum absolute atomic E-state index is 5.90. The van der Waals surface area contributed by atoms with Crippen molar-refractivity contribution in [3.63, 3.8) is 0 Å². The Morgan fingerprint density at radius 2 is 2.05 bits per heavy atom. The van der Waals surface area contributed by atoms with Gasteiger partial charge in [-0.2, -0.15) is 5.10 Å². The predicted octanol–water partition coefficient (Wildman–Crippen LogP) is 4.12. The van der Waals surface area contributed by atoms with Gasteiger partial charge in [-0.25, -0.2) is 0 Å². The van der Waals surface area contributed by atoms with Gasteiger partial charge in [-0.1, -0.05) is 22.9 Å². The summed E-state index contributed by atoms with van der Waals surface area (Å²) >= 11 is 3.46. The van der Waals surface area contributed by atoms with Crippen molar-refractivity contribution in [2.75, 3.05) is 0 Å². The Morgan fingerprint density at radius 1 is 1.26 bits per heavy atom. The van der Waals surface area contributed by atoms with E-state index in [-0.39, 0.29) is 0 Å². The Labute approximate surface area is 122 Å². The van der Waals surface area contributed by atoms with Gasteiger partial charge in [0.15, 0.2) is 0 Å². The highest BCUT2D eigenvalue weighted by molar-refractivity contribution is 9.10. The molecule has 0 radical (unpaired) electrons. The van der Waals surface area contributed by atoms with Gasteiger partial charge in [0, 0.05) is 11.0 Å². The van der Waals surface area contributed by atoms with E-state index >= 15 is 0 Å². The van der Waals surface area contributed by atoms with Gasteiger partial charge in [-0.3, -0.25) is 4.68 Å². The lowest BCUT2D eigenvalue weighted by atomic mass is 10.2. The van der Waals surface area contributed by atoms with Crippen molar-refractivity contribution < 1.29 is 4.74 Å². The third-order valence-electron chi connectivity index (χ3n) is 3.09. The van der Waals surface area contributed by atoms with Crippen LogP contribution in [0.25, 0.3) is 0 Å². The summed E-state index contributed by atoms with van der Waals surface area (Å²) in [5.74, 6) is 0.921. The molecule has 0 N–H and O–H groups in total. The van der Waals surface area contributed by atoms with Crippen LogP contribution in [0.3, 0.4) is 0 Å². The summed E-state index contributed by atoms with van der Waals surface area (Å²) in [6, 6.07) is 8.17. The summed E-state index contributed by atoms with van der Waals surface area (Å²) in [6.45, 7) is 7.70. The van der Waals surface area contributed by atoms with E-state index in [1.807, 2.05) is 16.8 Å². The zero-order chi connectivity index (χ0) is 13.8. The van der Waals surface area contributed by atoms with Crippen LogP contribution in [0.15, 0.2) is 28.7 Å². The van der Waals surface area contributed by atoms with E-state index in [1.165, 1.54) is 0 Å². The van der Waals surface area contributed by atoms with E-state index in [4.69, 9.17) is 4.74 Å². The second-order valence-corrected chi connectivity index (χ2v) is 5.41. The van der Waals surface area contributed by atoms with E-state index in [9.17, 15) is 0 Å². The van der Waals surface area contributed by atoms with Crippen LogP contribution in [0.5, 0.6) is 5.75 Å². The largest absolute Gasteiger partial charge is 0.487 e. The van der Waals surface area contributed by atoms with E-state index in [2.05, 4.69) is 53.9 Å². The summed E-state index contributed by atoms with van der Waals surface area (Å²) < 4.78 is 8.98. The highest BCUT2D eigenvalue weighted by Crippen LogP contribution is 2.23. The van der Waals surface area contributed by atoms with E-state index in [0.717, 1.165) is 40.1 Å². The smallest absolute Gasteiger partial charge is 0.130 e. The minimum Gasteiger partial charge on any atom is -0.487 e. The number of hydrogen-bond acceptors (Lipinski definition) is 2. The zero-order valence-corrected chi connectivity index (χ0v) is 13.2. The summed E-state index contributed by atoms with van der Waals surface area (Å²) in [7, 11) is 0. The molecule has 4 heteroatoms. The summed E-state index contributed by atoms with van der Waals surface area (Å²) in [5, 5.41) is 4.53. The third-order valence-corrected chi connectivity index (χ3v) is 3.58. The van der Waals surface area contributed by atoms with Crippen LogP contribution in [-0.2, 0) is 19.6 Å². The molecule has 3 nitrogen and oxygen atoms in total. The van der Waals surface area contributed by atoms with E-state index < -0.39 is 0 Å². The molecule has 0 unspecified atom stereocenters. The average molecular weight is 323 g/mol. The van der Waals surface area contributed by atoms with Gasteiger partial charge < -0.3 is 4.74 Å². The first-order chi connectivity index (χ1) is 9.13. The minimum absolute atomic E-state index is 0.559. The number of nitrogens with zero attached hydrogens (tertiary/aromatic N) is 2. The van der Waals surface area contributed by atoms with E-state index in [0.29, 0.717) is 6.61 Å². The Kier molecular flexibility index (Phi) is 4.64. The normalized spacial score (nSPS) is 10.7. The van der Waals surface area contributed by atoms with Crippen molar-refractivity contribution in [3.05, 3.63) is 45.7 Å². The Morgan fingerprint density at radius 3 is 2.68 bits per heavy atom. The summed E-state index contributed by atoms with van der Waals surface area (Å²) in [6.07, 6.45) is 0.956. The molecule has 1 heterocycles. The summed E-state index contributed by atoms with van der Waals surface area (Å²) in [4.78, 5) is 0. The molecule has 0 amide bonds. The molecule has 2 aromatic rings. The van der Waals surface area contributed by atoms with Crippen LogP contribution in [0.1, 0.15) is 30.8 Å². The molecule has 0 saturated carbocycles. The second kappa shape index (κ2) is 6.24. The number of aromatic nitrogens is 2. The van der Waals surface area contributed by atoms with Gasteiger partial charge in [0.05, 0.1) is 11.4 Å². The number of hydrogen-bond donors (Lipinski definition) is 0. The zero-order valence-electron chi connectivity index (χ0n) is 11.6. The van der Waals surface area contributed by atoms with Gasteiger partial charge >= 0.3 is 0 Å². The first kappa shape index (κ1) is 14.1. The van der Waals surface area contributed by atoms with Crippen molar-refractivity contribution >= 4 is 15.9 Å². The van der Waals surface area contributed by atoms with Crippen LogP contribution >= 0.6 is 15.9 Å². The maximum Gasteiger partial charge on any atom is 0.130 e. The van der Waals surface area contributed by atoms with Crippen LogP contribution < -0.4 is 4.74 Å². The molecule has 0 aliphatic carbocycles. The molecule has 0 saturated heterocycles.